The Morgan fingerprint density at radius 2 is 1.86 bits per heavy atom. The summed E-state index contributed by atoms with van der Waals surface area (Å²) in [5.41, 5.74) is 1.46. The summed E-state index contributed by atoms with van der Waals surface area (Å²) in [5.74, 6) is 0.962. The van der Waals surface area contributed by atoms with Crippen LogP contribution in [0, 0.1) is 5.92 Å². The van der Waals surface area contributed by atoms with Gasteiger partial charge in [0.25, 0.3) is 0 Å². The number of carboxylic acid groups (broad SMARTS) is 1. The summed E-state index contributed by atoms with van der Waals surface area (Å²) in [5, 5.41) is 9.62. The molecule has 1 heterocycles. The Bertz CT molecular complexity index is 691. The molecule has 22 heavy (non-hydrogen) atoms. The number of rotatable bonds is 6. The second-order valence-electron chi connectivity index (χ2n) is 5.47. The summed E-state index contributed by atoms with van der Waals surface area (Å²) in [4.78, 5) is 16.3. The molecule has 0 amide bonds. The van der Waals surface area contributed by atoms with Crippen LogP contribution in [0.15, 0.2) is 12.1 Å². The molecule has 0 fully saturated rings. The van der Waals surface area contributed by atoms with Gasteiger partial charge in [0.1, 0.15) is 11.9 Å². The zero-order chi connectivity index (χ0) is 16.4. The van der Waals surface area contributed by atoms with E-state index in [1.54, 1.807) is 30.9 Å². The minimum atomic E-state index is -0.862. The monoisotopic (exact) mass is 306 g/mol. The molecule has 1 atom stereocenters. The van der Waals surface area contributed by atoms with Crippen LogP contribution in [-0.2, 0) is 11.2 Å². The quantitative estimate of drug-likeness (QED) is 0.888. The second-order valence-corrected chi connectivity index (χ2v) is 5.47. The summed E-state index contributed by atoms with van der Waals surface area (Å²) < 4.78 is 12.4. The van der Waals surface area contributed by atoms with Gasteiger partial charge in [-0.2, -0.15) is 0 Å². The number of imidazole rings is 1. The first kappa shape index (κ1) is 16.1. The molecule has 6 heteroatoms. The average molecular weight is 306 g/mol. The van der Waals surface area contributed by atoms with Crippen LogP contribution in [0.1, 0.15) is 32.6 Å². The number of methoxy groups -OCH3 is 2. The summed E-state index contributed by atoms with van der Waals surface area (Å²) in [6.45, 7) is 5.75. The summed E-state index contributed by atoms with van der Waals surface area (Å²) in [6.07, 6.45) is 0.649. The fraction of sp³-hybridized carbons (Fsp3) is 0.500. The molecule has 2 aromatic rings. The molecule has 6 nitrogen and oxygen atoms in total. The molecule has 0 bridgehead atoms. The Balaban J connectivity index is 2.78. The van der Waals surface area contributed by atoms with Crippen molar-refractivity contribution in [2.75, 3.05) is 14.2 Å². The van der Waals surface area contributed by atoms with Gasteiger partial charge in [-0.05, 0) is 5.92 Å². The molecule has 1 aromatic carbocycles. The van der Waals surface area contributed by atoms with Gasteiger partial charge in [0.05, 0.1) is 25.3 Å². The number of hydrogen-bond acceptors (Lipinski definition) is 4. The van der Waals surface area contributed by atoms with Gasteiger partial charge in [0, 0.05) is 18.6 Å². The van der Waals surface area contributed by atoms with E-state index in [2.05, 4.69) is 4.98 Å². The number of hydrogen-bond donors (Lipinski definition) is 1. The highest BCUT2D eigenvalue weighted by molar-refractivity contribution is 5.83. The minimum absolute atomic E-state index is 0.0618. The van der Waals surface area contributed by atoms with Gasteiger partial charge in [0.15, 0.2) is 11.5 Å². The predicted molar refractivity (Wildman–Crippen MR) is 83.7 cm³/mol. The predicted octanol–water partition coefficient (Wildman–Crippen LogP) is 2.90. The number of aliphatic carboxylic acids is 1. The topological polar surface area (TPSA) is 73.6 Å². The maximum absolute atomic E-state index is 11.7. The van der Waals surface area contributed by atoms with Gasteiger partial charge < -0.3 is 19.1 Å². The largest absolute Gasteiger partial charge is 0.493 e. The van der Waals surface area contributed by atoms with Gasteiger partial charge in [-0.15, -0.1) is 0 Å². The Labute approximate surface area is 129 Å². The van der Waals surface area contributed by atoms with Crippen molar-refractivity contribution in [1.29, 1.82) is 0 Å². The van der Waals surface area contributed by atoms with Crippen LogP contribution in [0.2, 0.25) is 0 Å². The van der Waals surface area contributed by atoms with E-state index in [9.17, 15) is 9.90 Å². The molecule has 0 aliphatic heterocycles. The lowest BCUT2D eigenvalue weighted by atomic mass is 10.0. The number of carbonyl (C=O) groups is 1. The number of fused-ring (bicyclic) bond motifs is 1. The third-order valence-electron chi connectivity index (χ3n) is 3.75. The van der Waals surface area contributed by atoms with Gasteiger partial charge in [0.2, 0.25) is 0 Å². The van der Waals surface area contributed by atoms with E-state index >= 15 is 0 Å². The summed E-state index contributed by atoms with van der Waals surface area (Å²) in [6, 6.07) is 2.90. The number of carboxylic acids is 1. The summed E-state index contributed by atoms with van der Waals surface area (Å²) in [7, 11) is 3.12. The van der Waals surface area contributed by atoms with Crippen molar-refractivity contribution in [3.63, 3.8) is 0 Å². The first-order valence-corrected chi connectivity index (χ1v) is 7.30. The fourth-order valence-electron chi connectivity index (χ4n) is 2.73. The molecular weight excluding hydrogens is 284 g/mol. The van der Waals surface area contributed by atoms with Crippen LogP contribution in [-0.4, -0.2) is 34.8 Å². The van der Waals surface area contributed by atoms with Crippen molar-refractivity contribution in [2.24, 2.45) is 5.92 Å². The van der Waals surface area contributed by atoms with E-state index < -0.39 is 12.0 Å². The number of nitrogens with zero attached hydrogens (tertiary/aromatic N) is 2. The van der Waals surface area contributed by atoms with Crippen molar-refractivity contribution in [1.82, 2.24) is 9.55 Å². The van der Waals surface area contributed by atoms with Gasteiger partial charge in [-0.1, -0.05) is 20.8 Å². The smallest absolute Gasteiger partial charge is 0.327 e. The minimum Gasteiger partial charge on any atom is -0.493 e. The Kier molecular flexibility index (Phi) is 4.59. The molecule has 2 rings (SSSR count). The molecule has 0 saturated heterocycles. The Morgan fingerprint density at radius 1 is 1.27 bits per heavy atom. The Hall–Kier alpha value is -2.24. The van der Waals surface area contributed by atoms with E-state index in [-0.39, 0.29) is 5.92 Å². The zero-order valence-corrected chi connectivity index (χ0v) is 13.6. The average Bonchev–Trinajstić information content (AvgIpc) is 2.82. The first-order valence-electron chi connectivity index (χ1n) is 7.30. The molecule has 120 valence electrons. The molecule has 1 N–H and O–H groups in total. The molecule has 0 saturated carbocycles. The molecule has 0 spiro atoms. The maximum atomic E-state index is 11.7. The van der Waals surface area contributed by atoms with E-state index in [1.165, 1.54) is 0 Å². The molecule has 0 aliphatic rings. The van der Waals surface area contributed by atoms with E-state index in [0.717, 1.165) is 11.3 Å². The lowest BCUT2D eigenvalue weighted by Gasteiger charge is -2.21. The molecule has 1 unspecified atom stereocenters. The second kappa shape index (κ2) is 6.25. The van der Waals surface area contributed by atoms with Crippen LogP contribution >= 0.6 is 0 Å². The maximum Gasteiger partial charge on any atom is 0.327 e. The third kappa shape index (κ3) is 2.61. The normalized spacial score (nSPS) is 12.6. The highest BCUT2D eigenvalue weighted by Crippen LogP contribution is 2.35. The zero-order valence-electron chi connectivity index (χ0n) is 13.6. The molecular formula is C16H22N2O4. The number of aryl methyl sites for hydroxylation is 1. The van der Waals surface area contributed by atoms with Crippen LogP contribution in [0.3, 0.4) is 0 Å². The van der Waals surface area contributed by atoms with Gasteiger partial charge in [-0.3, -0.25) is 0 Å². The first-order chi connectivity index (χ1) is 10.4. The highest BCUT2D eigenvalue weighted by Gasteiger charge is 2.28. The molecule has 1 aromatic heterocycles. The van der Waals surface area contributed by atoms with E-state index in [0.29, 0.717) is 23.4 Å². The van der Waals surface area contributed by atoms with Crippen LogP contribution < -0.4 is 9.47 Å². The SMILES string of the molecule is CCc1nc2cc(OC)c(OC)cc2n1C(C(=O)O)C(C)C. The number of ether oxygens (including phenoxy) is 2. The van der Waals surface area contributed by atoms with Crippen molar-refractivity contribution in [2.45, 2.75) is 33.2 Å². The van der Waals surface area contributed by atoms with Crippen LogP contribution in [0.5, 0.6) is 11.5 Å². The van der Waals surface area contributed by atoms with Gasteiger partial charge in [-0.25, -0.2) is 9.78 Å². The number of aromatic nitrogens is 2. The molecule has 0 radical (unpaired) electrons. The van der Waals surface area contributed by atoms with Crippen LogP contribution in [0.25, 0.3) is 11.0 Å². The van der Waals surface area contributed by atoms with Crippen molar-refractivity contribution in [3.8, 4) is 11.5 Å². The number of benzene rings is 1. The molecule has 0 aliphatic carbocycles. The highest BCUT2D eigenvalue weighted by atomic mass is 16.5. The van der Waals surface area contributed by atoms with Crippen molar-refractivity contribution < 1.29 is 19.4 Å². The Morgan fingerprint density at radius 3 is 2.32 bits per heavy atom. The van der Waals surface area contributed by atoms with E-state index in [1.807, 2.05) is 20.8 Å². The van der Waals surface area contributed by atoms with E-state index in [4.69, 9.17) is 9.47 Å². The lowest BCUT2D eigenvalue weighted by Crippen LogP contribution is -2.25. The van der Waals surface area contributed by atoms with Crippen LogP contribution in [0.4, 0.5) is 0 Å². The fourth-order valence-corrected chi connectivity index (χ4v) is 2.73. The summed E-state index contributed by atoms with van der Waals surface area (Å²) >= 11 is 0. The van der Waals surface area contributed by atoms with Gasteiger partial charge >= 0.3 is 5.97 Å². The van der Waals surface area contributed by atoms with Crippen molar-refractivity contribution >= 4 is 17.0 Å². The third-order valence-corrected chi connectivity index (χ3v) is 3.75. The van der Waals surface area contributed by atoms with Crippen molar-refractivity contribution in [3.05, 3.63) is 18.0 Å². The standard InChI is InChI=1S/C16H22N2O4/c1-6-14-17-10-7-12(21-4)13(22-5)8-11(10)18(14)15(9(2)3)16(19)20/h7-9,15H,6H2,1-5H3,(H,19,20). The lowest BCUT2D eigenvalue weighted by molar-refractivity contribution is -0.142.